The summed E-state index contributed by atoms with van der Waals surface area (Å²) in [6.07, 6.45) is -0.523. The number of Topliss-reactive ketones (excluding diaryl/α,β-unsaturated/α-hetero) is 1. The molecular formula is C14H24N2O5. The maximum atomic E-state index is 11.9. The van der Waals surface area contributed by atoms with Crippen molar-refractivity contribution in [3.05, 3.63) is 0 Å². The number of nitrogens with zero attached hydrogens (tertiary/aromatic N) is 2. The Bertz CT molecular complexity index is 395. The van der Waals surface area contributed by atoms with Crippen molar-refractivity contribution in [1.82, 2.24) is 9.80 Å². The van der Waals surface area contributed by atoms with Crippen molar-refractivity contribution < 1.29 is 23.9 Å². The van der Waals surface area contributed by atoms with E-state index in [1.54, 1.807) is 9.80 Å². The van der Waals surface area contributed by atoms with Crippen LogP contribution in [0.2, 0.25) is 0 Å². The summed E-state index contributed by atoms with van der Waals surface area (Å²) in [5, 5.41) is 0. The number of ketones is 1. The Morgan fingerprint density at radius 3 is 2.00 bits per heavy atom. The molecular weight excluding hydrogens is 276 g/mol. The lowest BCUT2D eigenvalue weighted by Crippen LogP contribution is -2.52. The molecule has 0 aromatic carbocycles. The molecule has 0 N–H and O–H groups in total. The van der Waals surface area contributed by atoms with E-state index in [-0.39, 0.29) is 30.8 Å². The van der Waals surface area contributed by atoms with E-state index >= 15 is 0 Å². The van der Waals surface area contributed by atoms with Crippen LogP contribution in [0.15, 0.2) is 0 Å². The Morgan fingerprint density at radius 1 is 1.00 bits per heavy atom. The van der Waals surface area contributed by atoms with Gasteiger partial charge < -0.3 is 19.3 Å². The van der Waals surface area contributed by atoms with Gasteiger partial charge in [0.15, 0.2) is 5.78 Å². The Morgan fingerprint density at radius 2 is 1.52 bits per heavy atom. The van der Waals surface area contributed by atoms with Crippen molar-refractivity contribution in [2.45, 2.75) is 32.8 Å². The minimum absolute atomic E-state index is 0.0520. The van der Waals surface area contributed by atoms with E-state index in [1.807, 2.05) is 20.8 Å². The van der Waals surface area contributed by atoms with Crippen LogP contribution in [0.25, 0.3) is 0 Å². The number of methoxy groups -OCH3 is 1. The predicted molar refractivity (Wildman–Crippen MR) is 75.9 cm³/mol. The van der Waals surface area contributed by atoms with Gasteiger partial charge >= 0.3 is 6.09 Å². The molecule has 1 fully saturated rings. The van der Waals surface area contributed by atoms with Crippen LogP contribution in [-0.2, 0) is 19.1 Å². The van der Waals surface area contributed by atoms with Crippen molar-refractivity contribution in [3.8, 4) is 0 Å². The third-order valence-corrected chi connectivity index (χ3v) is 2.94. The highest BCUT2D eigenvalue weighted by atomic mass is 16.6. The fraction of sp³-hybridized carbons (Fsp3) is 0.786. The van der Waals surface area contributed by atoms with Crippen molar-refractivity contribution in [2.75, 3.05) is 39.9 Å². The molecule has 1 aliphatic rings. The van der Waals surface area contributed by atoms with Gasteiger partial charge in [0, 0.05) is 33.3 Å². The average molecular weight is 300 g/mol. The van der Waals surface area contributed by atoms with Crippen LogP contribution in [-0.4, -0.2) is 73.1 Å². The lowest BCUT2D eigenvalue weighted by molar-refractivity contribution is -0.137. The smallest absolute Gasteiger partial charge is 0.410 e. The Kier molecular flexibility index (Phi) is 6.14. The molecule has 0 atom stereocenters. The summed E-state index contributed by atoms with van der Waals surface area (Å²) in [6.45, 7) is 7.04. The first-order valence-corrected chi connectivity index (χ1v) is 6.99. The highest BCUT2D eigenvalue weighted by Crippen LogP contribution is 2.12. The number of hydrogen-bond donors (Lipinski definition) is 0. The molecule has 0 saturated carbocycles. The second kappa shape index (κ2) is 7.40. The first-order chi connectivity index (χ1) is 9.73. The normalized spacial score (nSPS) is 15.8. The number of carbonyl (C=O) groups excluding carboxylic acids is 3. The standard InChI is InChI=1S/C14H24N2O5/c1-14(2,3)21-13(19)16-7-5-15(6-8-16)12(18)9-11(17)10-20-4/h5-10H2,1-4H3. The van der Waals surface area contributed by atoms with Gasteiger partial charge in [-0.25, -0.2) is 4.79 Å². The van der Waals surface area contributed by atoms with E-state index < -0.39 is 5.60 Å². The fourth-order valence-electron chi connectivity index (χ4n) is 1.96. The van der Waals surface area contributed by atoms with Crippen molar-refractivity contribution in [3.63, 3.8) is 0 Å². The summed E-state index contributed by atoms with van der Waals surface area (Å²) >= 11 is 0. The topological polar surface area (TPSA) is 76.2 Å². The Balaban J connectivity index is 2.40. The summed E-state index contributed by atoms with van der Waals surface area (Å²) in [7, 11) is 1.42. The summed E-state index contributed by atoms with van der Waals surface area (Å²) in [6, 6.07) is 0. The second-order valence-corrected chi connectivity index (χ2v) is 6.00. The average Bonchev–Trinajstić information content (AvgIpc) is 2.37. The van der Waals surface area contributed by atoms with Gasteiger partial charge in [-0.3, -0.25) is 9.59 Å². The zero-order valence-electron chi connectivity index (χ0n) is 13.2. The van der Waals surface area contributed by atoms with E-state index in [0.29, 0.717) is 26.2 Å². The zero-order chi connectivity index (χ0) is 16.0. The molecule has 0 aromatic heterocycles. The van der Waals surface area contributed by atoms with E-state index in [1.165, 1.54) is 7.11 Å². The van der Waals surface area contributed by atoms with Crippen LogP contribution in [0.5, 0.6) is 0 Å². The monoisotopic (exact) mass is 300 g/mol. The third kappa shape index (κ3) is 6.12. The van der Waals surface area contributed by atoms with Gasteiger partial charge in [-0.05, 0) is 20.8 Å². The third-order valence-electron chi connectivity index (χ3n) is 2.94. The van der Waals surface area contributed by atoms with Crippen LogP contribution in [0.1, 0.15) is 27.2 Å². The van der Waals surface area contributed by atoms with Gasteiger partial charge in [-0.1, -0.05) is 0 Å². The molecule has 0 bridgehead atoms. The van der Waals surface area contributed by atoms with Crippen molar-refractivity contribution in [1.29, 1.82) is 0 Å². The van der Waals surface area contributed by atoms with Crippen molar-refractivity contribution >= 4 is 17.8 Å². The zero-order valence-corrected chi connectivity index (χ0v) is 13.2. The van der Waals surface area contributed by atoms with Crippen LogP contribution in [0, 0.1) is 0 Å². The lowest BCUT2D eigenvalue weighted by Gasteiger charge is -2.35. The summed E-state index contributed by atoms with van der Waals surface area (Å²) in [5.41, 5.74) is -0.531. The minimum Gasteiger partial charge on any atom is -0.444 e. The second-order valence-electron chi connectivity index (χ2n) is 6.00. The van der Waals surface area contributed by atoms with E-state index in [4.69, 9.17) is 9.47 Å². The molecule has 7 nitrogen and oxygen atoms in total. The van der Waals surface area contributed by atoms with Crippen LogP contribution in [0.4, 0.5) is 4.79 Å². The number of rotatable bonds is 4. The molecule has 2 amide bonds. The largest absolute Gasteiger partial charge is 0.444 e. The molecule has 1 heterocycles. The van der Waals surface area contributed by atoms with Crippen LogP contribution in [0.3, 0.4) is 0 Å². The Hall–Kier alpha value is -1.63. The van der Waals surface area contributed by atoms with Crippen molar-refractivity contribution in [2.24, 2.45) is 0 Å². The van der Waals surface area contributed by atoms with Gasteiger partial charge in [0.2, 0.25) is 5.91 Å². The molecule has 1 aliphatic heterocycles. The number of carbonyl (C=O) groups is 3. The number of piperazine rings is 1. The van der Waals surface area contributed by atoms with Gasteiger partial charge in [0.25, 0.3) is 0 Å². The molecule has 0 aromatic rings. The molecule has 0 aliphatic carbocycles. The highest BCUT2D eigenvalue weighted by Gasteiger charge is 2.28. The van der Waals surface area contributed by atoms with Crippen LogP contribution < -0.4 is 0 Å². The SMILES string of the molecule is COCC(=O)CC(=O)N1CCN(C(=O)OC(C)(C)C)CC1. The predicted octanol–water partition coefficient (Wildman–Crippen LogP) is 0.671. The maximum Gasteiger partial charge on any atom is 0.410 e. The minimum atomic E-state index is -0.531. The summed E-state index contributed by atoms with van der Waals surface area (Å²) in [5.74, 6) is -0.460. The van der Waals surface area contributed by atoms with E-state index in [2.05, 4.69) is 0 Å². The molecule has 0 unspecified atom stereocenters. The molecule has 21 heavy (non-hydrogen) atoms. The molecule has 0 radical (unpaired) electrons. The number of hydrogen-bond acceptors (Lipinski definition) is 5. The first-order valence-electron chi connectivity index (χ1n) is 6.99. The molecule has 7 heteroatoms. The van der Waals surface area contributed by atoms with E-state index in [9.17, 15) is 14.4 Å². The van der Waals surface area contributed by atoms with Gasteiger partial charge in [-0.2, -0.15) is 0 Å². The molecule has 0 spiro atoms. The molecule has 120 valence electrons. The van der Waals surface area contributed by atoms with Gasteiger partial charge in [0.1, 0.15) is 12.2 Å². The number of ether oxygens (including phenoxy) is 2. The fourth-order valence-corrected chi connectivity index (χ4v) is 1.96. The van der Waals surface area contributed by atoms with E-state index in [0.717, 1.165) is 0 Å². The molecule has 1 rings (SSSR count). The maximum absolute atomic E-state index is 11.9. The van der Waals surface area contributed by atoms with Gasteiger partial charge in [0.05, 0.1) is 6.42 Å². The highest BCUT2D eigenvalue weighted by molar-refractivity contribution is 5.98. The molecule has 1 saturated heterocycles. The first kappa shape index (κ1) is 17.4. The lowest BCUT2D eigenvalue weighted by atomic mass is 10.2. The summed E-state index contributed by atoms with van der Waals surface area (Å²) in [4.78, 5) is 38.3. The quantitative estimate of drug-likeness (QED) is 0.713. The van der Waals surface area contributed by atoms with Gasteiger partial charge in [-0.15, -0.1) is 0 Å². The van der Waals surface area contributed by atoms with Crippen LogP contribution >= 0.6 is 0 Å². The summed E-state index contributed by atoms with van der Waals surface area (Å²) < 4.78 is 9.98. The number of amides is 2. The Labute approximate surface area is 125 Å².